The van der Waals surface area contributed by atoms with E-state index in [0.29, 0.717) is 6.42 Å². The molecular weight excluding hydrogens is 350 g/mol. The van der Waals surface area contributed by atoms with Crippen LogP contribution in [0.4, 0.5) is 0 Å². The third-order valence-corrected chi connectivity index (χ3v) is 5.33. The Morgan fingerprint density at radius 2 is 1.85 bits per heavy atom. The van der Waals surface area contributed by atoms with Crippen LogP contribution in [0.25, 0.3) is 0 Å². The molecule has 0 saturated carbocycles. The number of nitrogens with zero attached hydrogens (tertiary/aromatic N) is 1. The highest BCUT2D eigenvalue weighted by molar-refractivity contribution is 5.85. The molecule has 0 aliphatic carbocycles. The van der Waals surface area contributed by atoms with Crippen molar-refractivity contribution in [1.29, 1.82) is 0 Å². The highest BCUT2D eigenvalue weighted by Gasteiger charge is 2.27. The lowest BCUT2D eigenvalue weighted by molar-refractivity contribution is -0.132. The smallest absolute Gasteiger partial charge is 0.224 e. The van der Waals surface area contributed by atoms with E-state index in [4.69, 9.17) is 0 Å². The molecule has 1 aromatic rings. The molecule has 2 N–H and O–H groups in total. The van der Waals surface area contributed by atoms with Gasteiger partial charge in [0, 0.05) is 32.1 Å². The third kappa shape index (κ3) is 5.99. The molecule has 0 aromatic heterocycles. The Balaban J connectivity index is 0.00000243. The van der Waals surface area contributed by atoms with Gasteiger partial charge in [0.25, 0.3) is 0 Å². The van der Waals surface area contributed by atoms with Gasteiger partial charge >= 0.3 is 0 Å². The number of likely N-dealkylation sites (tertiary alicyclic amines) is 1. The van der Waals surface area contributed by atoms with Gasteiger partial charge in [-0.2, -0.15) is 0 Å². The summed E-state index contributed by atoms with van der Waals surface area (Å²) >= 11 is 0. The predicted molar refractivity (Wildman–Crippen MR) is 105 cm³/mol. The number of carbonyl (C=O) groups is 2. The summed E-state index contributed by atoms with van der Waals surface area (Å²) in [5.74, 6) is 0.519. The van der Waals surface area contributed by atoms with Gasteiger partial charge in [-0.3, -0.25) is 9.59 Å². The first kappa shape index (κ1) is 20.7. The number of aryl methyl sites for hydroxylation is 1. The van der Waals surface area contributed by atoms with E-state index in [-0.39, 0.29) is 36.2 Å². The van der Waals surface area contributed by atoms with Crippen LogP contribution in [0.2, 0.25) is 0 Å². The molecule has 144 valence electrons. The van der Waals surface area contributed by atoms with Crippen LogP contribution in [-0.4, -0.2) is 48.9 Å². The Bertz CT molecular complexity index is 568. The molecule has 2 aliphatic heterocycles. The largest absolute Gasteiger partial charge is 0.353 e. The monoisotopic (exact) mass is 379 g/mol. The number of halogens is 1. The summed E-state index contributed by atoms with van der Waals surface area (Å²) in [6, 6.07) is 10.4. The highest BCUT2D eigenvalue weighted by atomic mass is 35.5. The molecule has 0 bridgehead atoms. The second-order valence-electron chi connectivity index (χ2n) is 7.19. The number of amides is 2. The molecular formula is C20H30ClN3O2. The summed E-state index contributed by atoms with van der Waals surface area (Å²) in [7, 11) is 0. The first-order valence-corrected chi connectivity index (χ1v) is 9.55. The minimum atomic E-state index is 0. The maximum absolute atomic E-state index is 12.4. The van der Waals surface area contributed by atoms with Gasteiger partial charge in [-0.05, 0) is 44.2 Å². The quantitative estimate of drug-likeness (QED) is 0.824. The lowest BCUT2D eigenvalue weighted by Gasteiger charge is -2.33. The van der Waals surface area contributed by atoms with Crippen LogP contribution in [0.1, 0.15) is 37.7 Å². The van der Waals surface area contributed by atoms with Crippen molar-refractivity contribution in [3.63, 3.8) is 0 Å². The van der Waals surface area contributed by atoms with Gasteiger partial charge in [-0.25, -0.2) is 0 Å². The van der Waals surface area contributed by atoms with E-state index in [0.717, 1.165) is 58.3 Å². The summed E-state index contributed by atoms with van der Waals surface area (Å²) in [6.07, 6.45) is 5.15. The van der Waals surface area contributed by atoms with Gasteiger partial charge < -0.3 is 15.5 Å². The standard InChI is InChI=1S/C20H29N3O2.ClH/c24-19(9-8-16-5-2-1-3-6-16)23-13-10-18(11-14-23)22-20(25)17-7-4-12-21-15-17;/h1-3,5-6,17-18,21H,4,7-15H2,(H,22,25);1H. The Hall–Kier alpha value is -1.59. The number of piperidine rings is 2. The predicted octanol–water partition coefficient (Wildman–Crippen LogP) is 2.15. The van der Waals surface area contributed by atoms with Crippen LogP contribution >= 0.6 is 12.4 Å². The number of carbonyl (C=O) groups excluding carboxylic acids is 2. The number of nitrogens with one attached hydrogen (secondary N) is 2. The first-order valence-electron chi connectivity index (χ1n) is 9.55. The molecule has 6 heteroatoms. The van der Waals surface area contributed by atoms with Crippen LogP contribution in [0.15, 0.2) is 30.3 Å². The lowest BCUT2D eigenvalue weighted by Crippen LogP contribution is -2.49. The van der Waals surface area contributed by atoms with Crippen molar-refractivity contribution in [3.05, 3.63) is 35.9 Å². The molecule has 2 fully saturated rings. The van der Waals surface area contributed by atoms with Crippen LogP contribution in [0.5, 0.6) is 0 Å². The van der Waals surface area contributed by atoms with Crippen molar-refractivity contribution in [3.8, 4) is 0 Å². The number of benzene rings is 1. The van der Waals surface area contributed by atoms with Crippen LogP contribution < -0.4 is 10.6 Å². The fourth-order valence-corrected chi connectivity index (χ4v) is 3.72. The lowest BCUT2D eigenvalue weighted by atomic mass is 9.97. The minimum absolute atomic E-state index is 0. The van der Waals surface area contributed by atoms with Gasteiger partial charge in [0.2, 0.25) is 11.8 Å². The van der Waals surface area contributed by atoms with Gasteiger partial charge in [-0.1, -0.05) is 30.3 Å². The molecule has 2 aliphatic rings. The summed E-state index contributed by atoms with van der Waals surface area (Å²) in [5.41, 5.74) is 1.21. The molecule has 1 unspecified atom stereocenters. The Morgan fingerprint density at radius 3 is 2.50 bits per heavy atom. The fourth-order valence-electron chi connectivity index (χ4n) is 3.72. The van der Waals surface area contributed by atoms with Gasteiger partial charge in [0.1, 0.15) is 0 Å². The van der Waals surface area contributed by atoms with Crippen LogP contribution in [0.3, 0.4) is 0 Å². The first-order chi connectivity index (χ1) is 12.2. The second kappa shape index (κ2) is 10.5. The molecule has 2 heterocycles. The maximum Gasteiger partial charge on any atom is 0.224 e. The van der Waals surface area contributed by atoms with E-state index < -0.39 is 0 Å². The molecule has 2 amide bonds. The number of rotatable bonds is 5. The molecule has 26 heavy (non-hydrogen) atoms. The Kier molecular flexibility index (Phi) is 8.39. The van der Waals surface area contributed by atoms with E-state index in [1.807, 2.05) is 23.1 Å². The van der Waals surface area contributed by atoms with E-state index in [1.165, 1.54) is 5.56 Å². The summed E-state index contributed by atoms with van der Waals surface area (Å²) in [4.78, 5) is 26.6. The summed E-state index contributed by atoms with van der Waals surface area (Å²) in [6.45, 7) is 3.32. The molecule has 1 atom stereocenters. The van der Waals surface area contributed by atoms with Gasteiger partial charge in [0.15, 0.2) is 0 Å². The van der Waals surface area contributed by atoms with Crippen molar-refractivity contribution in [2.45, 2.75) is 44.6 Å². The Morgan fingerprint density at radius 1 is 1.12 bits per heavy atom. The minimum Gasteiger partial charge on any atom is -0.353 e. The van der Waals surface area contributed by atoms with Crippen LogP contribution in [0, 0.1) is 5.92 Å². The van der Waals surface area contributed by atoms with Crippen molar-refractivity contribution in [1.82, 2.24) is 15.5 Å². The molecule has 0 spiro atoms. The summed E-state index contributed by atoms with van der Waals surface area (Å²) < 4.78 is 0. The van der Waals surface area contributed by atoms with Crippen LogP contribution in [-0.2, 0) is 16.0 Å². The zero-order chi connectivity index (χ0) is 17.5. The SMILES string of the molecule is Cl.O=C(NC1CCN(C(=O)CCc2ccccc2)CC1)C1CCCNC1. The van der Waals surface area contributed by atoms with E-state index in [2.05, 4.69) is 22.8 Å². The van der Waals surface area contributed by atoms with E-state index >= 15 is 0 Å². The van der Waals surface area contributed by atoms with Gasteiger partial charge in [0.05, 0.1) is 5.92 Å². The van der Waals surface area contributed by atoms with Gasteiger partial charge in [-0.15, -0.1) is 12.4 Å². The van der Waals surface area contributed by atoms with Crippen molar-refractivity contribution < 1.29 is 9.59 Å². The zero-order valence-corrected chi connectivity index (χ0v) is 16.1. The summed E-state index contributed by atoms with van der Waals surface area (Å²) in [5, 5.41) is 6.48. The number of hydrogen-bond donors (Lipinski definition) is 2. The van der Waals surface area contributed by atoms with Crippen molar-refractivity contribution in [2.24, 2.45) is 5.92 Å². The average Bonchev–Trinajstić information content (AvgIpc) is 2.68. The maximum atomic E-state index is 12.4. The molecule has 2 saturated heterocycles. The van der Waals surface area contributed by atoms with Crippen molar-refractivity contribution >= 4 is 24.2 Å². The molecule has 5 nitrogen and oxygen atoms in total. The topological polar surface area (TPSA) is 61.4 Å². The average molecular weight is 380 g/mol. The normalized spacial score (nSPS) is 20.9. The van der Waals surface area contributed by atoms with E-state index in [1.54, 1.807) is 0 Å². The van der Waals surface area contributed by atoms with Crippen molar-refractivity contribution in [2.75, 3.05) is 26.2 Å². The molecule has 0 radical (unpaired) electrons. The van der Waals surface area contributed by atoms with E-state index in [9.17, 15) is 9.59 Å². The second-order valence-corrected chi connectivity index (χ2v) is 7.19. The molecule has 1 aromatic carbocycles. The third-order valence-electron chi connectivity index (χ3n) is 5.33. The Labute approximate surface area is 162 Å². The number of hydrogen-bond acceptors (Lipinski definition) is 3. The molecule has 3 rings (SSSR count). The zero-order valence-electron chi connectivity index (χ0n) is 15.3. The highest BCUT2D eigenvalue weighted by Crippen LogP contribution is 2.15. The fraction of sp³-hybridized carbons (Fsp3) is 0.600.